The predicted octanol–water partition coefficient (Wildman–Crippen LogP) is 0.489. The molecule has 0 saturated carbocycles. The van der Waals surface area contributed by atoms with Gasteiger partial charge < -0.3 is 10.4 Å². The number of hydrogen-bond donors (Lipinski definition) is 3. The Bertz CT molecular complexity index is 199. The number of rotatable bonds is 7. The zero-order valence-electron chi connectivity index (χ0n) is 8.05. The molecule has 0 rings (SSSR count). The third-order valence-corrected chi connectivity index (χ3v) is 1.88. The van der Waals surface area contributed by atoms with Crippen molar-refractivity contribution < 1.29 is 14.7 Å². The highest BCUT2D eigenvalue weighted by Crippen LogP contribution is 2.01. The van der Waals surface area contributed by atoms with Gasteiger partial charge in [-0.25, -0.2) is 9.63 Å². The summed E-state index contributed by atoms with van der Waals surface area (Å²) in [6.07, 6.45) is 1.91. The fourth-order valence-corrected chi connectivity index (χ4v) is 1.18. The van der Waals surface area contributed by atoms with Crippen molar-refractivity contribution in [2.75, 3.05) is 6.54 Å². The average molecular weight is 223 g/mol. The van der Waals surface area contributed by atoms with Crippen LogP contribution in [-0.2, 0) is 9.59 Å². The van der Waals surface area contributed by atoms with E-state index in [1.54, 1.807) is 0 Å². The molecule has 0 aromatic rings. The van der Waals surface area contributed by atoms with Crippen LogP contribution >= 0.6 is 11.8 Å². The predicted molar refractivity (Wildman–Crippen MR) is 52.9 cm³/mol. The molecule has 0 heterocycles. The first kappa shape index (κ1) is 13.2. The van der Waals surface area contributed by atoms with Crippen LogP contribution in [-0.4, -0.2) is 29.6 Å². The smallest absolute Gasteiger partial charge is 0.326 e. The van der Waals surface area contributed by atoms with Gasteiger partial charge in [-0.2, -0.15) is 0 Å². The fraction of sp³-hybridized carbons (Fsp3) is 0.750. The number of carboxylic acid groups (broad SMARTS) is 1. The van der Waals surface area contributed by atoms with Crippen LogP contribution < -0.4 is 10.2 Å². The molecule has 0 fully saturated rings. The number of amides is 1. The molecule has 6 heteroatoms. The first-order valence-corrected chi connectivity index (χ1v) is 4.79. The van der Waals surface area contributed by atoms with E-state index in [1.165, 1.54) is 6.92 Å². The van der Waals surface area contributed by atoms with E-state index >= 15 is 0 Å². The molecule has 5 nitrogen and oxygen atoms in total. The molecular weight excluding hydrogens is 208 g/mol. The van der Waals surface area contributed by atoms with Crippen LogP contribution in [0.1, 0.15) is 26.2 Å². The minimum absolute atomic E-state index is 0.326. The number of carboxylic acids is 1. The minimum atomic E-state index is -1.00. The van der Waals surface area contributed by atoms with E-state index in [4.69, 9.17) is 16.9 Å². The van der Waals surface area contributed by atoms with Gasteiger partial charge in [0.2, 0.25) is 5.91 Å². The van der Waals surface area contributed by atoms with Crippen molar-refractivity contribution >= 4 is 23.7 Å². The van der Waals surface area contributed by atoms with Crippen LogP contribution in [0.25, 0.3) is 0 Å². The number of carbonyl (C=O) groups excluding carboxylic acids is 1. The van der Waals surface area contributed by atoms with E-state index in [9.17, 15) is 9.59 Å². The number of halogens is 1. The largest absolute Gasteiger partial charge is 0.480 e. The van der Waals surface area contributed by atoms with Crippen LogP contribution in [0.3, 0.4) is 0 Å². The normalized spacial score (nSPS) is 12.1. The van der Waals surface area contributed by atoms with Crippen LogP contribution in [0.15, 0.2) is 0 Å². The van der Waals surface area contributed by atoms with Crippen molar-refractivity contribution in [2.24, 2.45) is 0 Å². The standard InChI is InChI=1S/C8H15ClN2O3/c1-6(12)11-7(8(13)14)4-2-3-5-10-9/h7,10H,2-5H2,1H3,(H,11,12)(H,13,14)/t7-/m0/s1. The third kappa shape index (κ3) is 6.68. The van der Waals surface area contributed by atoms with Gasteiger partial charge in [0.25, 0.3) is 0 Å². The molecule has 0 aliphatic heterocycles. The highest BCUT2D eigenvalue weighted by atomic mass is 35.5. The number of aliphatic carboxylic acids is 1. The van der Waals surface area contributed by atoms with E-state index in [0.717, 1.165) is 6.42 Å². The van der Waals surface area contributed by atoms with Gasteiger partial charge in [0.1, 0.15) is 6.04 Å². The Labute approximate surface area is 87.9 Å². The first-order valence-electron chi connectivity index (χ1n) is 4.41. The summed E-state index contributed by atoms with van der Waals surface area (Å²) >= 11 is 5.23. The molecule has 1 amide bonds. The van der Waals surface area contributed by atoms with Crippen LogP contribution in [0.2, 0.25) is 0 Å². The van der Waals surface area contributed by atoms with E-state index in [2.05, 4.69) is 10.2 Å². The van der Waals surface area contributed by atoms with Gasteiger partial charge in [-0.1, -0.05) is 0 Å². The molecule has 0 radical (unpaired) electrons. The second-order valence-electron chi connectivity index (χ2n) is 2.97. The van der Waals surface area contributed by atoms with Gasteiger partial charge in [-0.15, -0.1) is 0 Å². The third-order valence-electron chi connectivity index (χ3n) is 1.69. The zero-order valence-corrected chi connectivity index (χ0v) is 8.80. The fourth-order valence-electron chi connectivity index (χ4n) is 1.04. The van der Waals surface area contributed by atoms with E-state index in [-0.39, 0.29) is 5.91 Å². The summed E-state index contributed by atoms with van der Waals surface area (Å²) in [7, 11) is 0. The van der Waals surface area contributed by atoms with Crippen LogP contribution in [0, 0.1) is 0 Å². The molecule has 0 unspecified atom stereocenters. The van der Waals surface area contributed by atoms with Crippen LogP contribution in [0.4, 0.5) is 0 Å². The van der Waals surface area contributed by atoms with Crippen molar-refractivity contribution in [1.29, 1.82) is 0 Å². The van der Waals surface area contributed by atoms with E-state index in [0.29, 0.717) is 19.4 Å². The van der Waals surface area contributed by atoms with Gasteiger partial charge in [0.15, 0.2) is 0 Å². The second-order valence-corrected chi connectivity index (χ2v) is 3.24. The molecular formula is C8H15ClN2O3. The van der Waals surface area contributed by atoms with Crippen molar-refractivity contribution in [2.45, 2.75) is 32.2 Å². The maximum atomic E-state index is 10.6. The summed E-state index contributed by atoms with van der Waals surface area (Å²) in [6, 6.07) is -0.789. The lowest BCUT2D eigenvalue weighted by Gasteiger charge is -2.12. The Balaban J connectivity index is 3.74. The van der Waals surface area contributed by atoms with E-state index in [1.807, 2.05) is 0 Å². The monoisotopic (exact) mass is 222 g/mol. The number of nitrogens with one attached hydrogen (secondary N) is 2. The maximum Gasteiger partial charge on any atom is 0.326 e. The van der Waals surface area contributed by atoms with Crippen molar-refractivity contribution in [3.05, 3.63) is 0 Å². The van der Waals surface area contributed by atoms with Crippen molar-refractivity contribution in [1.82, 2.24) is 10.2 Å². The SMILES string of the molecule is CC(=O)N[C@@H](CCCCNCl)C(=O)O. The Morgan fingerprint density at radius 1 is 1.43 bits per heavy atom. The quantitative estimate of drug-likeness (QED) is 0.433. The van der Waals surface area contributed by atoms with Gasteiger partial charge >= 0.3 is 5.97 Å². The molecule has 0 aromatic heterocycles. The Kier molecular flexibility index (Phi) is 7.14. The van der Waals surface area contributed by atoms with Gasteiger partial charge in [0.05, 0.1) is 0 Å². The number of carbonyl (C=O) groups is 2. The van der Waals surface area contributed by atoms with Crippen molar-refractivity contribution in [3.8, 4) is 0 Å². The average Bonchev–Trinajstić information content (AvgIpc) is 2.09. The lowest BCUT2D eigenvalue weighted by Crippen LogP contribution is -2.39. The highest BCUT2D eigenvalue weighted by Gasteiger charge is 2.16. The maximum absolute atomic E-state index is 10.6. The lowest BCUT2D eigenvalue weighted by atomic mass is 10.1. The van der Waals surface area contributed by atoms with E-state index < -0.39 is 12.0 Å². The summed E-state index contributed by atoms with van der Waals surface area (Å²) in [4.78, 5) is 23.7. The highest BCUT2D eigenvalue weighted by molar-refractivity contribution is 6.13. The molecule has 0 aliphatic rings. The van der Waals surface area contributed by atoms with Gasteiger partial charge in [-0.05, 0) is 31.0 Å². The van der Waals surface area contributed by atoms with Gasteiger partial charge in [-0.3, -0.25) is 4.79 Å². The van der Waals surface area contributed by atoms with Crippen LogP contribution in [0.5, 0.6) is 0 Å². The minimum Gasteiger partial charge on any atom is -0.480 e. The summed E-state index contributed by atoms with van der Waals surface area (Å²) in [5, 5.41) is 11.1. The molecule has 0 aliphatic carbocycles. The molecule has 0 saturated heterocycles. The second kappa shape index (κ2) is 7.58. The number of unbranched alkanes of at least 4 members (excludes halogenated alkanes) is 1. The van der Waals surface area contributed by atoms with Gasteiger partial charge in [0, 0.05) is 13.5 Å². The molecule has 0 aromatic carbocycles. The molecule has 82 valence electrons. The summed E-state index contributed by atoms with van der Waals surface area (Å²) in [5.41, 5.74) is 0. The Hall–Kier alpha value is -0.810. The summed E-state index contributed by atoms with van der Waals surface area (Å²) < 4.78 is 0. The first-order chi connectivity index (χ1) is 6.57. The number of hydrogen-bond acceptors (Lipinski definition) is 3. The Morgan fingerprint density at radius 2 is 2.07 bits per heavy atom. The molecule has 1 atom stereocenters. The molecule has 3 N–H and O–H groups in total. The molecule has 0 spiro atoms. The molecule has 0 bridgehead atoms. The topological polar surface area (TPSA) is 78.4 Å². The lowest BCUT2D eigenvalue weighted by molar-refractivity contribution is -0.141. The Morgan fingerprint density at radius 3 is 2.50 bits per heavy atom. The summed E-state index contributed by atoms with van der Waals surface area (Å²) in [5.74, 6) is -1.33. The summed E-state index contributed by atoms with van der Waals surface area (Å²) in [6.45, 7) is 1.93. The molecule has 14 heavy (non-hydrogen) atoms. The van der Waals surface area contributed by atoms with Crippen molar-refractivity contribution in [3.63, 3.8) is 0 Å². The zero-order chi connectivity index (χ0) is 11.0.